The molecule has 2 N–H and O–H groups in total. The van der Waals surface area contributed by atoms with Gasteiger partial charge in [-0.2, -0.15) is 0 Å². The van der Waals surface area contributed by atoms with E-state index in [9.17, 15) is 9.59 Å². The fourth-order valence-corrected chi connectivity index (χ4v) is 2.81. The molecule has 1 amide bonds. The predicted molar refractivity (Wildman–Crippen MR) is 83.6 cm³/mol. The summed E-state index contributed by atoms with van der Waals surface area (Å²) in [5.74, 6) is -0.0374. The highest BCUT2D eigenvalue weighted by molar-refractivity contribution is 5.78. The molecule has 1 aromatic heterocycles. The SMILES string of the molecule is CC(C)(CC(=O)O)CC(=O)NC1CCN(c2ccccn2)C1. The lowest BCUT2D eigenvalue weighted by molar-refractivity contribution is -0.139. The van der Waals surface area contributed by atoms with Gasteiger partial charge in [0.2, 0.25) is 5.91 Å². The Kier molecular flexibility index (Phi) is 5.00. The molecule has 0 spiro atoms. The molecule has 1 atom stereocenters. The van der Waals surface area contributed by atoms with Crippen LogP contribution in [0.25, 0.3) is 0 Å². The van der Waals surface area contributed by atoms with Crippen LogP contribution in [0.4, 0.5) is 5.82 Å². The Morgan fingerprint density at radius 1 is 1.41 bits per heavy atom. The van der Waals surface area contributed by atoms with Crippen LogP contribution in [0.1, 0.15) is 33.1 Å². The van der Waals surface area contributed by atoms with Crippen molar-refractivity contribution in [3.8, 4) is 0 Å². The van der Waals surface area contributed by atoms with E-state index in [1.807, 2.05) is 18.2 Å². The minimum absolute atomic E-state index is 0.00878. The maximum absolute atomic E-state index is 12.1. The van der Waals surface area contributed by atoms with Crippen molar-refractivity contribution in [2.45, 2.75) is 39.2 Å². The van der Waals surface area contributed by atoms with Gasteiger partial charge in [-0.05, 0) is 24.0 Å². The van der Waals surface area contributed by atoms with Gasteiger partial charge in [0, 0.05) is 31.7 Å². The second kappa shape index (κ2) is 6.77. The van der Waals surface area contributed by atoms with E-state index in [1.54, 1.807) is 20.0 Å². The third-order valence-electron chi connectivity index (χ3n) is 3.80. The lowest BCUT2D eigenvalue weighted by Crippen LogP contribution is -2.39. The van der Waals surface area contributed by atoms with Gasteiger partial charge in [-0.3, -0.25) is 9.59 Å². The van der Waals surface area contributed by atoms with Gasteiger partial charge in [0.25, 0.3) is 0 Å². The van der Waals surface area contributed by atoms with Gasteiger partial charge in [0.15, 0.2) is 0 Å². The first-order chi connectivity index (χ1) is 10.4. The minimum Gasteiger partial charge on any atom is -0.481 e. The Labute approximate surface area is 130 Å². The lowest BCUT2D eigenvalue weighted by Gasteiger charge is -2.23. The van der Waals surface area contributed by atoms with E-state index in [-0.39, 0.29) is 24.8 Å². The smallest absolute Gasteiger partial charge is 0.303 e. The van der Waals surface area contributed by atoms with E-state index < -0.39 is 11.4 Å². The molecule has 1 aliphatic rings. The van der Waals surface area contributed by atoms with Crippen molar-refractivity contribution in [1.29, 1.82) is 0 Å². The number of rotatable bonds is 6. The number of hydrogen-bond acceptors (Lipinski definition) is 4. The topological polar surface area (TPSA) is 82.5 Å². The zero-order chi connectivity index (χ0) is 16.2. The average molecular weight is 305 g/mol. The van der Waals surface area contributed by atoms with Crippen molar-refractivity contribution in [2.24, 2.45) is 5.41 Å². The maximum atomic E-state index is 12.1. The highest BCUT2D eigenvalue weighted by Crippen LogP contribution is 2.25. The summed E-state index contributed by atoms with van der Waals surface area (Å²) in [6.45, 7) is 5.20. The molecule has 1 fully saturated rings. The highest BCUT2D eigenvalue weighted by atomic mass is 16.4. The molecule has 0 bridgehead atoms. The second-order valence-corrected chi connectivity index (χ2v) is 6.60. The number of carboxylic acid groups (broad SMARTS) is 1. The number of carbonyl (C=O) groups excluding carboxylic acids is 1. The zero-order valence-electron chi connectivity index (χ0n) is 13.1. The fraction of sp³-hybridized carbons (Fsp3) is 0.562. The molecular weight excluding hydrogens is 282 g/mol. The van der Waals surface area contributed by atoms with Crippen LogP contribution in [-0.4, -0.2) is 41.1 Å². The minimum atomic E-state index is -0.875. The Hall–Kier alpha value is -2.11. The number of anilines is 1. The number of nitrogens with zero attached hydrogens (tertiary/aromatic N) is 2. The standard InChI is InChI=1S/C16H23N3O3/c1-16(2,10-15(21)22)9-14(20)18-12-6-8-19(11-12)13-5-3-4-7-17-13/h3-5,7,12H,6,8-11H2,1-2H3,(H,18,20)(H,21,22). The van der Waals surface area contributed by atoms with Crippen molar-refractivity contribution in [2.75, 3.05) is 18.0 Å². The van der Waals surface area contributed by atoms with E-state index in [4.69, 9.17) is 5.11 Å². The van der Waals surface area contributed by atoms with Gasteiger partial charge in [0.05, 0.1) is 6.42 Å². The molecule has 1 aliphatic heterocycles. The molecule has 1 aromatic rings. The van der Waals surface area contributed by atoms with Crippen LogP contribution in [0.2, 0.25) is 0 Å². The largest absolute Gasteiger partial charge is 0.481 e. The number of amides is 1. The lowest BCUT2D eigenvalue weighted by atomic mass is 9.85. The first-order valence-electron chi connectivity index (χ1n) is 7.53. The van der Waals surface area contributed by atoms with Crippen LogP contribution in [0, 0.1) is 5.41 Å². The van der Waals surface area contributed by atoms with Crippen molar-refractivity contribution >= 4 is 17.7 Å². The van der Waals surface area contributed by atoms with E-state index in [0.29, 0.717) is 0 Å². The summed E-state index contributed by atoms with van der Waals surface area (Å²) in [6, 6.07) is 5.88. The molecule has 1 unspecified atom stereocenters. The Bertz CT molecular complexity index is 531. The quantitative estimate of drug-likeness (QED) is 0.835. The third kappa shape index (κ3) is 4.72. The molecule has 0 aromatic carbocycles. The molecule has 0 saturated carbocycles. The average Bonchev–Trinajstić information content (AvgIpc) is 2.85. The Morgan fingerprint density at radius 3 is 2.82 bits per heavy atom. The molecule has 6 nitrogen and oxygen atoms in total. The fourth-order valence-electron chi connectivity index (χ4n) is 2.81. The van der Waals surface area contributed by atoms with Gasteiger partial charge in [0.1, 0.15) is 5.82 Å². The van der Waals surface area contributed by atoms with Crippen molar-refractivity contribution in [3.63, 3.8) is 0 Å². The van der Waals surface area contributed by atoms with Gasteiger partial charge in [-0.15, -0.1) is 0 Å². The van der Waals surface area contributed by atoms with Gasteiger partial charge < -0.3 is 15.3 Å². The van der Waals surface area contributed by atoms with Crippen molar-refractivity contribution < 1.29 is 14.7 Å². The van der Waals surface area contributed by atoms with Crippen LogP contribution in [0.15, 0.2) is 24.4 Å². The summed E-state index contributed by atoms with van der Waals surface area (Å²) in [7, 11) is 0. The van der Waals surface area contributed by atoms with Crippen LogP contribution >= 0.6 is 0 Å². The van der Waals surface area contributed by atoms with Crippen LogP contribution in [-0.2, 0) is 9.59 Å². The summed E-state index contributed by atoms with van der Waals surface area (Å²) < 4.78 is 0. The number of pyridine rings is 1. The Morgan fingerprint density at radius 2 is 2.18 bits per heavy atom. The second-order valence-electron chi connectivity index (χ2n) is 6.60. The first kappa shape index (κ1) is 16.3. The number of carbonyl (C=O) groups is 2. The molecule has 2 rings (SSSR count). The molecule has 22 heavy (non-hydrogen) atoms. The molecule has 1 saturated heterocycles. The summed E-state index contributed by atoms with van der Waals surface area (Å²) in [4.78, 5) is 29.4. The van der Waals surface area contributed by atoms with Gasteiger partial charge in [-0.1, -0.05) is 19.9 Å². The molecule has 6 heteroatoms. The van der Waals surface area contributed by atoms with E-state index in [0.717, 1.165) is 25.3 Å². The first-order valence-corrected chi connectivity index (χ1v) is 7.53. The summed E-state index contributed by atoms with van der Waals surface area (Å²) in [5, 5.41) is 11.9. The van der Waals surface area contributed by atoms with E-state index in [1.165, 1.54) is 0 Å². The van der Waals surface area contributed by atoms with Crippen molar-refractivity contribution in [3.05, 3.63) is 24.4 Å². The molecule has 120 valence electrons. The summed E-state index contributed by atoms with van der Waals surface area (Å²) >= 11 is 0. The highest BCUT2D eigenvalue weighted by Gasteiger charge is 2.29. The van der Waals surface area contributed by atoms with E-state index >= 15 is 0 Å². The zero-order valence-corrected chi connectivity index (χ0v) is 13.1. The molecule has 0 radical (unpaired) electrons. The number of carboxylic acids is 1. The molecule has 0 aliphatic carbocycles. The number of nitrogens with one attached hydrogen (secondary N) is 1. The molecular formula is C16H23N3O3. The van der Waals surface area contributed by atoms with Gasteiger partial charge >= 0.3 is 5.97 Å². The predicted octanol–water partition coefficient (Wildman–Crippen LogP) is 1.67. The van der Waals surface area contributed by atoms with Crippen LogP contribution in [0.5, 0.6) is 0 Å². The van der Waals surface area contributed by atoms with E-state index in [2.05, 4.69) is 15.2 Å². The van der Waals surface area contributed by atoms with Crippen LogP contribution in [0.3, 0.4) is 0 Å². The summed E-state index contributed by atoms with van der Waals surface area (Å²) in [6.07, 6.45) is 2.85. The molecule has 2 heterocycles. The van der Waals surface area contributed by atoms with Gasteiger partial charge in [-0.25, -0.2) is 4.98 Å². The Balaban J connectivity index is 1.82. The normalized spacial score (nSPS) is 18.3. The van der Waals surface area contributed by atoms with Crippen LogP contribution < -0.4 is 10.2 Å². The summed E-state index contributed by atoms with van der Waals surface area (Å²) in [5.41, 5.74) is -0.533. The number of aromatic nitrogens is 1. The number of hydrogen-bond donors (Lipinski definition) is 2. The number of aliphatic carboxylic acids is 1. The third-order valence-corrected chi connectivity index (χ3v) is 3.80. The maximum Gasteiger partial charge on any atom is 0.303 e. The monoisotopic (exact) mass is 305 g/mol. The van der Waals surface area contributed by atoms with Crippen molar-refractivity contribution in [1.82, 2.24) is 10.3 Å².